The summed E-state index contributed by atoms with van der Waals surface area (Å²) in [6, 6.07) is 0. The Labute approximate surface area is 376 Å². The predicted molar refractivity (Wildman–Crippen MR) is 261 cm³/mol. The topological polar surface area (TPSA) is 78.9 Å². The molecule has 0 bridgehead atoms. The van der Waals surface area contributed by atoms with Crippen LogP contribution in [0.25, 0.3) is 0 Å². The highest BCUT2D eigenvalue weighted by atomic mass is 16.6. The third-order valence-corrected chi connectivity index (χ3v) is 10.7. The second kappa shape index (κ2) is 49.5. The van der Waals surface area contributed by atoms with Crippen molar-refractivity contribution in [3.8, 4) is 0 Å². The molecule has 61 heavy (non-hydrogen) atoms. The van der Waals surface area contributed by atoms with Crippen LogP contribution >= 0.6 is 0 Å². The smallest absolute Gasteiger partial charge is 0.306 e. The van der Waals surface area contributed by atoms with Crippen molar-refractivity contribution in [1.29, 1.82) is 0 Å². The molecule has 0 fully saturated rings. The van der Waals surface area contributed by atoms with Crippen LogP contribution in [0.2, 0.25) is 0 Å². The maximum absolute atomic E-state index is 12.8. The SMILES string of the molecule is CC/C=C\C/C=C\C/C=C\C/C=C\CCCCCCCCC(=O)OCC(COC(=O)CCCCCCCCCCCC)OC(=O)CCCCCCCCC/C=C\C/C=C\CC. The van der Waals surface area contributed by atoms with Gasteiger partial charge in [0.15, 0.2) is 6.10 Å². The number of ether oxygens (including phenoxy) is 3. The molecular formula is C55H94O6. The van der Waals surface area contributed by atoms with E-state index in [4.69, 9.17) is 14.2 Å². The average molecular weight is 851 g/mol. The Kier molecular flexibility index (Phi) is 46.9. The quantitative estimate of drug-likeness (QED) is 0.0263. The minimum atomic E-state index is -0.782. The van der Waals surface area contributed by atoms with Crippen LogP contribution in [0.5, 0.6) is 0 Å². The summed E-state index contributed by atoms with van der Waals surface area (Å²) < 4.78 is 16.8. The van der Waals surface area contributed by atoms with Gasteiger partial charge in [-0.25, -0.2) is 0 Å². The third-order valence-electron chi connectivity index (χ3n) is 10.7. The molecule has 0 aromatic carbocycles. The molecule has 0 rings (SSSR count). The number of rotatable bonds is 45. The predicted octanol–water partition coefficient (Wildman–Crippen LogP) is 16.6. The molecule has 0 aliphatic carbocycles. The van der Waals surface area contributed by atoms with Gasteiger partial charge in [-0.1, -0.05) is 209 Å². The molecular weight excluding hydrogens is 757 g/mol. The molecule has 0 aliphatic heterocycles. The molecule has 0 aromatic heterocycles. The maximum atomic E-state index is 12.8. The summed E-state index contributed by atoms with van der Waals surface area (Å²) in [7, 11) is 0. The van der Waals surface area contributed by atoms with E-state index in [-0.39, 0.29) is 31.1 Å². The van der Waals surface area contributed by atoms with E-state index < -0.39 is 6.10 Å². The van der Waals surface area contributed by atoms with Gasteiger partial charge in [0, 0.05) is 19.3 Å². The van der Waals surface area contributed by atoms with Crippen LogP contribution in [0, 0.1) is 0 Å². The third kappa shape index (κ3) is 47.7. The number of hydrogen-bond acceptors (Lipinski definition) is 6. The van der Waals surface area contributed by atoms with Gasteiger partial charge in [0.05, 0.1) is 0 Å². The lowest BCUT2D eigenvalue weighted by molar-refractivity contribution is -0.167. The Morgan fingerprint density at radius 3 is 1.00 bits per heavy atom. The van der Waals surface area contributed by atoms with Crippen LogP contribution in [-0.4, -0.2) is 37.2 Å². The first-order valence-corrected chi connectivity index (χ1v) is 25.4. The molecule has 0 spiro atoms. The summed E-state index contributed by atoms with van der Waals surface area (Å²) in [6.07, 6.45) is 61.7. The van der Waals surface area contributed by atoms with Crippen molar-refractivity contribution >= 4 is 17.9 Å². The van der Waals surface area contributed by atoms with E-state index in [1.54, 1.807) is 0 Å². The van der Waals surface area contributed by atoms with Crippen LogP contribution < -0.4 is 0 Å². The fourth-order valence-corrected chi connectivity index (χ4v) is 6.94. The highest BCUT2D eigenvalue weighted by Gasteiger charge is 2.19. The van der Waals surface area contributed by atoms with Gasteiger partial charge in [-0.15, -0.1) is 0 Å². The van der Waals surface area contributed by atoms with Crippen LogP contribution in [0.4, 0.5) is 0 Å². The molecule has 6 nitrogen and oxygen atoms in total. The first kappa shape index (κ1) is 57.9. The van der Waals surface area contributed by atoms with Gasteiger partial charge in [0.1, 0.15) is 13.2 Å². The first-order valence-electron chi connectivity index (χ1n) is 25.4. The lowest BCUT2D eigenvalue weighted by Gasteiger charge is -2.18. The molecule has 0 radical (unpaired) electrons. The normalized spacial score (nSPS) is 12.6. The molecule has 0 aliphatic rings. The van der Waals surface area contributed by atoms with Gasteiger partial charge in [-0.05, 0) is 83.5 Å². The Morgan fingerprint density at radius 1 is 0.344 bits per heavy atom. The second-order valence-electron chi connectivity index (χ2n) is 16.7. The minimum Gasteiger partial charge on any atom is -0.462 e. The molecule has 350 valence electrons. The fraction of sp³-hybridized carbons (Fsp3) is 0.727. The standard InChI is InChI=1S/C55H94O6/c1-4-7-10-13-16-19-22-24-26-27-28-29-30-32-33-36-39-42-45-48-54(57)60-51-52(50-59-53(56)47-44-41-38-35-21-18-15-12-9-6-3)61-55(58)49-46-43-40-37-34-31-25-23-20-17-14-11-8-5-2/h7-8,10-11,16-17,19-20,24,26,28-29,52H,4-6,9,12-15,18,21-23,25,27,30-51H2,1-3H3/b10-7-,11-8-,19-16-,20-17-,26-24-,29-28-. The highest BCUT2D eigenvalue weighted by molar-refractivity contribution is 5.71. The zero-order valence-electron chi connectivity index (χ0n) is 39.9. The van der Waals surface area contributed by atoms with Crippen molar-refractivity contribution in [2.24, 2.45) is 0 Å². The molecule has 0 saturated carbocycles. The lowest BCUT2D eigenvalue weighted by Crippen LogP contribution is -2.30. The van der Waals surface area contributed by atoms with Crippen molar-refractivity contribution in [2.45, 2.75) is 245 Å². The van der Waals surface area contributed by atoms with E-state index in [0.29, 0.717) is 19.3 Å². The number of esters is 3. The Balaban J connectivity index is 4.36. The van der Waals surface area contributed by atoms with Gasteiger partial charge >= 0.3 is 17.9 Å². The number of carbonyl (C=O) groups is 3. The van der Waals surface area contributed by atoms with Crippen LogP contribution in [0.15, 0.2) is 72.9 Å². The van der Waals surface area contributed by atoms with Gasteiger partial charge in [0.25, 0.3) is 0 Å². The highest BCUT2D eigenvalue weighted by Crippen LogP contribution is 2.14. The fourth-order valence-electron chi connectivity index (χ4n) is 6.94. The summed E-state index contributed by atoms with van der Waals surface area (Å²) in [6.45, 7) is 6.39. The van der Waals surface area contributed by atoms with E-state index in [1.165, 1.54) is 89.9 Å². The van der Waals surface area contributed by atoms with Gasteiger partial charge in [0.2, 0.25) is 0 Å². The van der Waals surface area contributed by atoms with E-state index in [9.17, 15) is 14.4 Å². The summed E-state index contributed by atoms with van der Waals surface area (Å²) in [5.41, 5.74) is 0. The molecule has 0 amide bonds. The number of hydrogen-bond donors (Lipinski definition) is 0. The van der Waals surface area contributed by atoms with Gasteiger partial charge in [-0.2, -0.15) is 0 Å². The number of carbonyl (C=O) groups excluding carboxylic acids is 3. The maximum Gasteiger partial charge on any atom is 0.306 e. The van der Waals surface area contributed by atoms with Crippen molar-refractivity contribution < 1.29 is 28.6 Å². The van der Waals surface area contributed by atoms with Crippen LogP contribution in [0.3, 0.4) is 0 Å². The van der Waals surface area contributed by atoms with Crippen molar-refractivity contribution in [2.75, 3.05) is 13.2 Å². The molecule has 0 heterocycles. The van der Waals surface area contributed by atoms with Crippen molar-refractivity contribution in [1.82, 2.24) is 0 Å². The van der Waals surface area contributed by atoms with Crippen LogP contribution in [0.1, 0.15) is 239 Å². The molecule has 6 heteroatoms. The number of unbranched alkanes of at least 4 members (excludes halogenated alkanes) is 22. The molecule has 1 unspecified atom stereocenters. The second-order valence-corrected chi connectivity index (χ2v) is 16.7. The molecule has 1 atom stereocenters. The Bertz CT molecular complexity index is 1160. The Morgan fingerprint density at radius 2 is 0.639 bits per heavy atom. The summed E-state index contributed by atoms with van der Waals surface area (Å²) in [5.74, 6) is -0.905. The zero-order valence-corrected chi connectivity index (χ0v) is 39.9. The van der Waals surface area contributed by atoms with E-state index in [2.05, 4.69) is 93.7 Å². The molecule has 0 N–H and O–H groups in total. The lowest BCUT2D eigenvalue weighted by atomic mass is 10.1. The van der Waals surface area contributed by atoms with Crippen molar-refractivity contribution in [3.05, 3.63) is 72.9 Å². The monoisotopic (exact) mass is 851 g/mol. The zero-order chi connectivity index (χ0) is 44.4. The summed E-state index contributed by atoms with van der Waals surface area (Å²) in [5, 5.41) is 0. The first-order chi connectivity index (χ1) is 30.0. The van der Waals surface area contributed by atoms with Crippen molar-refractivity contribution in [3.63, 3.8) is 0 Å². The van der Waals surface area contributed by atoms with Gasteiger partial charge in [-0.3, -0.25) is 14.4 Å². The minimum absolute atomic E-state index is 0.0822. The Hall–Kier alpha value is -3.15. The number of allylic oxidation sites excluding steroid dienone is 12. The van der Waals surface area contributed by atoms with Gasteiger partial charge < -0.3 is 14.2 Å². The van der Waals surface area contributed by atoms with E-state index in [0.717, 1.165) is 109 Å². The largest absolute Gasteiger partial charge is 0.462 e. The van der Waals surface area contributed by atoms with Crippen LogP contribution in [-0.2, 0) is 28.6 Å². The average Bonchev–Trinajstić information content (AvgIpc) is 3.26. The summed E-state index contributed by atoms with van der Waals surface area (Å²) in [4.78, 5) is 37.9. The molecule has 0 aromatic rings. The molecule has 0 saturated heterocycles. The van der Waals surface area contributed by atoms with E-state index >= 15 is 0 Å². The summed E-state index contributed by atoms with van der Waals surface area (Å²) >= 11 is 0. The van der Waals surface area contributed by atoms with E-state index in [1.807, 2.05) is 0 Å².